The van der Waals surface area contributed by atoms with Crippen LogP contribution in [-0.4, -0.2) is 31.7 Å². The van der Waals surface area contributed by atoms with E-state index in [1.54, 1.807) is 43.3 Å². The number of carbonyl (C=O) groups excluding carboxylic acids is 1. The monoisotopic (exact) mass is 464 g/mol. The topological polar surface area (TPSA) is 75.7 Å². The SMILES string of the molecule is Cc1ccc(S(=O)(=O)N2CCC(C)CC2)cc1C(=O)Nc1ccc(Oc2ccccc2)cc1. The number of rotatable bonds is 6. The summed E-state index contributed by atoms with van der Waals surface area (Å²) < 4.78 is 33.5. The van der Waals surface area contributed by atoms with Crippen molar-refractivity contribution in [3.05, 3.63) is 83.9 Å². The van der Waals surface area contributed by atoms with Crippen LogP contribution in [0.25, 0.3) is 0 Å². The van der Waals surface area contributed by atoms with E-state index in [4.69, 9.17) is 4.74 Å². The van der Waals surface area contributed by atoms with Gasteiger partial charge in [-0.2, -0.15) is 4.31 Å². The van der Waals surface area contributed by atoms with Crippen molar-refractivity contribution in [3.63, 3.8) is 0 Å². The van der Waals surface area contributed by atoms with Gasteiger partial charge < -0.3 is 10.1 Å². The summed E-state index contributed by atoms with van der Waals surface area (Å²) in [7, 11) is -3.63. The normalized spacial score (nSPS) is 15.2. The Kier molecular flexibility index (Phi) is 6.81. The van der Waals surface area contributed by atoms with E-state index in [0.29, 0.717) is 41.6 Å². The molecule has 3 aromatic carbocycles. The minimum absolute atomic E-state index is 0.152. The molecule has 0 atom stereocenters. The summed E-state index contributed by atoms with van der Waals surface area (Å²) >= 11 is 0. The number of benzene rings is 3. The molecule has 0 aliphatic carbocycles. The van der Waals surface area contributed by atoms with Crippen LogP contribution in [0.3, 0.4) is 0 Å². The number of hydrogen-bond donors (Lipinski definition) is 1. The second-order valence-corrected chi connectivity index (χ2v) is 10.4. The average molecular weight is 465 g/mol. The Morgan fingerprint density at radius 3 is 2.24 bits per heavy atom. The van der Waals surface area contributed by atoms with Gasteiger partial charge in [-0.05, 0) is 79.8 Å². The van der Waals surface area contributed by atoms with Crippen molar-refractivity contribution < 1.29 is 17.9 Å². The number of hydrogen-bond acceptors (Lipinski definition) is 4. The Morgan fingerprint density at radius 2 is 1.58 bits per heavy atom. The molecule has 1 N–H and O–H groups in total. The number of nitrogens with one attached hydrogen (secondary N) is 1. The van der Waals surface area contributed by atoms with Gasteiger partial charge in [-0.15, -0.1) is 0 Å². The largest absolute Gasteiger partial charge is 0.457 e. The van der Waals surface area contributed by atoms with Crippen LogP contribution in [-0.2, 0) is 10.0 Å². The molecule has 0 radical (unpaired) electrons. The molecule has 0 aromatic heterocycles. The third kappa shape index (κ3) is 5.43. The van der Waals surface area contributed by atoms with Crippen molar-refractivity contribution in [2.45, 2.75) is 31.6 Å². The molecule has 3 aromatic rings. The molecule has 1 aliphatic heterocycles. The minimum Gasteiger partial charge on any atom is -0.457 e. The lowest BCUT2D eigenvalue weighted by atomic mass is 10.0. The van der Waals surface area contributed by atoms with Crippen LogP contribution in [0.15, 0.2) is 77.7 Å². The Balaban J connectivity index is 1.48. The first-order valence-corrected chi connectivity index (χ1v) is 12.5. The van der Waals surface area contributed by atoms with Gasteiger partial charge in [0, 0.05) is 24.3 Å². The first kappa shape index (κ1) is 23.0. The van der Waals surface area contributed by atoms with Gasteiger partial charge in [0.2, 0.25) is 10.0 Å². The molecule has 1 aliphatic rings. The van der Waals surface area contributed by atoms with Gasteiger partial charge in [-0.1, -0.05) is 31.2 Å². The number of para-hydroxylation sites is 1. The predicted octanol–water partition coefficient (Wildman–Crippen LogP) is 5.46. The molecular formula is C26H28N2O4S. The van der Waals surface area contributed by atoms with Crippen molar-refractivity contribution in [1.29, 1.82) is 0 Å². The highest BCUT2D eigenvalue weighted by molar-refractivity contribution is 7.89. The fourth-order valence-corrected chi connectivity index (χ4v) is 5.31. The van der Waals surface area contributed by atoms with Crippen molar-refractivity contribution in [1.82, 2.24) is 4.31 Å². The van der Waals surface area contributed by atoms with Crippen LogP contribution in [0, 0.1) is 12.8 Å². The predicted molar refractivity (Wildman–Crippen MR) is 129 cm³/mol. The molecule has 1 fully saturated rings. The van der Waals surface area contributed by atoms with Crippen LogP contribution in [0.2, 0.25) is 0 Å². The van der Waals surface area contributed by atoms with E-state index < -0.39 is 10.0 Å². The molecule has 0 unspecified atom stereocenters. The third-order valence-corrected chi connectivity index (χ3v) is 7.82. The molecule has 172 valence electrons. The summed E-state index contributed by atoms with van der Waals surface area (Å²) in [5.74, 6) is 1.55. The summed E-state index contributed by atoms with van der Waals surface area (Å²) in [5, 5.41) is 2.85. The molecular weight excluding hydrogens is 436 g/mol. The zero-order chi connectivity index (χ0) is 23.4. The highest BCUT2D eigenvalue weighted by Crippen LogP contribution is 2.26. The first-order chi connectivity index (χ1) is 15.8. The molecule has 4 rings (SSSR count). The molecule has 0 saturated carbocycles. The lowest BCUT2D eigenvalue weighted by molar-refractivity contribution is 0.102. The zero-order valence-corrected chi connectivity index (χ0v) is 19.6. The Hall–Kier alpha value is -3.16. The fraction of sp³-hybridized carbons (Fsp3) is 0.269. The molecule has 0 bridgehead atoms. The van der Waals surface area contributed by atoms with Gasteiger partial charge in [-0.3, -0.25) is 4.79 Å². The number of anilines is 1. The maximum atomic E-state index is 13.1. The smallest absolute Gasteiger partial charge is 0.255 e. The van der Waals surface area contributed by atoms with E-state index in [2.05, 4.69) is 12.2 Å². The zero-order valence-electron chi connectivity index (χ0n) is 18.8. The Labute approximate surface area is 195 Å². The quantitative estimate of drug-likeness (QED) is 0.526. The van der Waals surface area contributed by atoms with E-state index in [1.165, 1.54) is 10.4 Å². The third-order valence-electron chi connectivity index (χ3n) is 5.93. The van der Waals surface area contributed by atoms with Crippen molar-refractivity contribution in [2.24, 2.45) is 5.92 Å². The van der Waals surface area contributed by atoms with Crippen LogP contribution >= 0.6 is 0 Å². The van der Waals surface area contributed by atoms with Crippen LogP contribution in [0.4, 0.5) is 5.69 Å². The second-order valence-electron chi connectivity index (χ2n) is 8.46. The highest BCUT2D eigenvalue weighted by Gasteiger charge is 2.29. The number of carbonyl (C=O) groups is 1. The lowest BCUT2D eigenvalue weighted by Gasteiger charge is -2.29. The number of aryl methyl sites for hydroxylation is 1. The van der Waals surface area contributed by atoms with E-state index >= 15 is 0 Å². The first-order valence-electron chi connectivity index (χ1n) is 11.1. The van der Waals surface area contributed by atoms with E-state index in [1.807, 2.05) is 30.3 Å². The minimum atomic E-state index is -3.63. The van der Waals surface area contributed by atoms with Gasteiger partial charge in [0.15, 0.2) is 0 Å². The van der Waals surface area contributed by atoms with Crippen molar-refractivity contribution in [2.75, 3.05) is 18.4 Å². The summed E-state index contributed by atoms with van der Waals surface area (Å²) in [6.45, 7) is 4.95. The number of amides is 1. The summed E-state index contributed by atoms with van der Waals surface area (Å²) in [5.41, 5.74) is 1.65. The molecule has 1 saturated heterocycles. The fourth-order valence-electron chi connectivity index (χ4n) is 3.81. The van der Waals surface area contributed by atoms with Crippen LogP contribution in [0.1, 0.15) is 35.7 Å². The molecule has 1 amide bonds. The maximum Gasteiger partial charge on any atom is 0.255 e. The number of ether oxygens (including phenoxy) is 1. The average Bonchev–Trinajstić information content (AvgIpc) is 2.81. The molecule has 0 spiro atoms. The van der Waals surface area contributed by atoms with Crippen molar-refractivity contribution >= 4 is 21.6 Å². The lowest BCUT2D eigenvalue weighted by Crippen LogP contribution is -2.38. The van der Waals surface area contributed by atoms with Gasteiger partial charge in [0.05, 0.1) is 4.90 Å². The van der Waals surface area contributed by atoms with Gasteiger partial charge in [0.25, 0.3) is 5.91 Å². The summed E-state index contributed by atoms with van der Waals surface area (Å²) in [4.78, 5) is 13.1. The summed E-state index contributed by atoms with van der Waals surface area (Å²) in [6.07, 6.45) is 1.70. The highest BCUT2D eigenvalue weighted by atomic mass is 32.2. The maximum absolute atomic E-state index is 13.1. The van der Waals surface area contributed by atoms with Crippen LogP contribution < -0.4 is 10.1 Å². The second kappa shape index (κ2) is 9.77. The number of sulfonamides is 1. The Bertz CT molecular complexity index is 1220. The summed E-state index contributed by atoms with van der Waals surface area (Å²) in [6, 6.07) is 21.2. The molecule has 7 heteroatoms. The van der Waals surface area contributed by atoms with Crippen molar-refractivity contribution in [3.8, 4) is 11.5 Å². The van der Waals surface area contributed by atoms with Crippen LogP contribution in [0.5, 0.6) is 11.5 Å². The standard InChI is InChI=1S/C26H28N2O4S/c1-19-14-16-28(17-15-19)33(30,31)24-13-8-20(2)25(18-24)26(29)27-21-9-11-23(12-10-21)32-22-6-4-3-5-7-22/h3-13,18-19H,14-17H2,1-2H3,(H,27,29). The van der Waals surface area contributed by atoms with E-state index in [0.717, 1.165) is 18.6 Å². The Morgan fingerprint density at radius 1 is 0.939 bits per heavy atom. The molecule has 1 heterocycles. The number of nitrogens with zero attached hydrogens (tertiary/aromatic N) is 1. The van der Waals surface area contributed by atoms with E-state index in [9.17, 15) is 13.2 Å². The van der Waals surface area contributed by atoms with Gasteiger partial charge in [-0.25, -0.2) is 8.42 Å². The van der Waals surface area contributed by atoms with Gasteiger partial charge in [0.1, 0.15) is 11.5 Å². The molecule has 33 heavy (non-hydrogen) atoms. The van der Waals surface area contributed by atoms with Gasteiger partial charge >= 0.3 is 0 Å². The number of piperidine rings is 1. The molecule has 6 nitrogen and oxygen atoms in total. The van der Waals surface area contributed by atoms with E-state index in [-0.39, 0.29) is 10.8 Å².